The van der Waals surface area contributed by atoms with Crippen LogP contribution >= 0.6 is 0 Å². The molecule has 0 heterocycles. The van der Waals surface area contributed by atoms with Gasteiger partial charge in [-0.05, 0) is 20.8 Å². The molecule has 0 rings (SSSR count). The fourth-order valence-corrected chi connectivity index (χ4v) is 0.488. The molecular formula is C8H15N3O4. The van der Waals surface area contributed by atoms with E-state index in [4.69, 9.17) is 11.5 Å². The Morgan fingerprint density at radius 2 is 1.73 bits per heavy atom. The minimum Gasteiger partial charge on any atom is -0.427 e. The topological polar surface area (TPSA) is 117 Å². The predicted octanol–water partition coefficient (Wildman–Crippen LogP) is -0.0568. The van der Waals surface area contributed by atoms with Gasteiger partial charge in [-0.1, -0.05) is 0 Å². The number of esters is 1. The summed E-state index contributed by atoms with van der Waals surface area (Å²) in [6, 6.07) is 0. The first-order chi connectivity index (χ1) is 6.73. The predicted molar refractivity (Wildman–Crippen MR) is 52.7 cm³/mol. The zero-order valence-electron chi connectivity index (χ0n) is 8.94. The van der Waals surface area contributed by atoms with Gasteiger partial charge >= 0.3 is 12.1 Å². The highest BCUT2D eigenvalue weighted by Crippen LogP contribution is 2.14. The van der Waals surface area contributed by atoms with Crippen LogP contribution in [0.2, 0.25) is 0 Å². The summed E-state index contributed by atoms with van der Waals surface area (Å²) in [4.78, 5) is 24.9. The second-order valence-electron chi connectivity index (χ2n) is 3.75. The molecule has 15 heavy (non-hydrogen) atoms. The van der Waals surface area contributed by atoms with Crippen molar-refractivity contribution in [1.29, 1.82) is 0 Å². The second-order valence-corrected chi connectivity index (χ2v) is 3.75. The van der Waals surface area contributed by atoms with Gasteiger partial charge < -0.3 is 20.9 Å². The van der Waals surface area contributed by atoms with Crippen LogP contribution in [0.1, 0.15) is 20.8 Å². The summed E-state index contributed by atoms with van der Waals surface area (Å²) >= 11 is 0. The molecule has 0 unspecified atom stereocenters. The molecule has 0 radical (unpaired) electrons. The third-order valence-electron chi connectivity index (χ3n) is 1.21. The maximum atomic E-state index is 11.2. The Morgan fingerprint density at radius 1 is 1.20 bits per heavy atom. The lowest BCUT2D eigenvalue weighted by Crippen LogP contribution is -2.26. The van der Waals surface area contributed by atoms with Gasteiger partial charge in [0.1, 0.15) is 0 Å². The third kappa shape index (κ3) is 6.30. The average Bonchev–Trinajstić information content (AvgIpc) is 2.00. The first kappa shape index (κ1) is 13.2. The monoisotopic (exact) mass is 217 g/mol. The van der Waals surface area contributed by atoms with Gasteiger partial charge in [0.05, 0.1) is 5.41 Å². The number of nitrogens with zero attached hydrogens (tertiary/aromatic N) is 1. The lowest BCUT2D eigenvalue weighted by Gasteiger charge is -2.15. The van der Waals surface area contributed by atoms with Gasteiger partial charge in [0.15, 0.2) is 5.96 Å². The van der Waals surface area contributed by atoms with E-state index < -0.39 is 30.2 Å². The number of nitrogens with two attached hydrogens (primary N) is 2. The van der Waals surface area contributed by atoms with Crippen LogP contribution in [0.15, 0.2) is 4.99 Å². The molecule has 7 nitrogen and oxygen atoms in total. The number of carbonyl (C=O) groups excluding carboxylic acids is 2. The molecule has 0 aliphatic carbocycles. The largest absolute Gasteiger partial charge is 0.439 e. The number of hydrogen-bond acceptors (Lipinski definition) is 4. The molecule has 0 aromatic heterocycles. The van der Waals surface area contributed by atoms with E-state index in [0.29, 0.717) is 0 Å². The number of guanidine groups is 1. The Balaban J connectivity index is 3.87. The molecule has 7 heteroatoms. The van der Waals surface area contributed by atoms with Crippen molar-refractivity contribution >= 4 is 18.0 Å². The minimum absolute atomic E-state index is 0.415. The van der Waals surface area contributed by atoms with Crippen molar-refractivity contribution in [2.75, 3.05) is 6.79 Å². The molecule has 0 fully saturated rings. The Kier molecular flexibility index (Phi) is 4.56. The van der Waals surface area contributed by atoms with Crippen LogP contribution in [0.25, 0.3) is 0 Å². The van der Waals surface area contributed by atoms with Crippen molar-refractivity contribution in [2.24, 2.45) is 21.9 Å². The first-order valence-corrected chi connectivity index (χ1v) is 4.17. The standard InChI is InChI=1S/C8H15N3O4/c1-8(2,3)5(12)14-4-15-7(13)11-6(9)10/h4H2,1-3H3,(H4,9,10,11,13). The van der Waals surface area contributed by atoms with Crippen LogP contribution in [0, 0.1) is 5.41 Å². The SMILES string of the molecule is CC(C)(C)C(=O)OCOC(=O)N=C(N)N. The van der Waals surface area contributed by atoms with Gasteiger partial charge in [0.2, 0.25) is 6.79 Å². The van der Waals surface area contributed by atoms with E-state index in [9.17, 15) is 9.59 Å². The van der Waals surface area contributed by atoms with Crippen LogP contribution in [0.4, 0.5) is 4.79 Å². The van der Waals surface area contributed by atoms with Crippen LogP contribution in [-0.2, 0) is 14.3 Å². The number of aliphatic imine (C=N–C) groups is 1. The van der Waals surface area contributed by atoms with E-state index in [2.05, 4.69) is 14.5 Å². The lowest BCUT2D eigenvalue weighted by molar-refractivity contribution is -0.161. The van der Waals surface area contributed by atoms with E-state index in [1.165, 1.54) is 0 Å². The van der Waals surface area contributed by atoms with Crippen molar-refractivity contribution in [3.05, 3.63) is 0 Å². The van der Waals surface area contributed by atoms with Crippen molar-refractivity contribution in [1.82, 2.24) is 0 Å². The molecule has 0 saturated heterocycles. The average molecular weight is 217 g/mol. The van der Waals surface area contributed by atoms with Crippen LogP contribution < -0.4 is 11.5 Å². The zero-order valence-corrected chi connectivity index (χ0v) is 8.94. The molecule has 0 bridgehead atoms. The summed E-state index contributed by atoms with van der Waals surface area (Å²) in [5.74, 6) is -0.901. The molecule has 0 aromatic rings. The molecule has 0 aliphatic rings. The van der Waals surface area contributed by atoms with Crippen molar-refractivity contribution in [3.8, 4) is 0 Å². The van der Waals surface area contributed by atoms with Crippen LogP contribution in [0.3, 0.4) is 0 Å². The Bertz CT molecular complexity index is 276. The number of ether oxygens (including phenoxy) is 2. The van der Waals surface area contributed by atoms with Crippen molar-refractivity contribution in [3.63, 3.8) is 0 Å². The quantitative estimate of drug-likeness (QED) is 0.289. The van der Waals surface area contributed by atoms with Gasteiger partial charge in [-0.15, -0.1) is 4.99 Å². The number of carbonyl (C=O) groups is 2. The minimum atomic E-state index is -1.00. The van der Waals surface area contributed by atoms with E-state index in [-0.39, 0.29) is 0 Å². The summed E-state index contributed by atoms with van der Waals surface area (Å²) in [5, 5.41) is 0. The van der Waals surface area contributed by atoms with Gasteiger partial charge in [-0.25, -0.2) is 4.79 Å². The lowest BCUT2D eigenvalue weighted by atomic mass is 9.98. The van der Waals surface area contributed by atoms with Gasteiger partial charge in [-0.3, -0.25) is 4.79 Å². The first-order valence-electron chi connectivity index (χ1n) is 4.17. The Hall–Kier alpha value is -1.79. The van der Waals surface area contributed by atoms with Crippen molar-refractivity contribution < 1.29 is 19.1 Å². The van der Waals surface area contributed by atoms with E-state index >= 15 is 0 Å². The molecule has 0 atom stereocenters. The molecular weight excluding hydrogens is 202 g/mol. The van der Waals surface area contributed by atoms with E-state index in [0.717, 1.165) is 0 Å². The number of hydrogen-bond donors (Lipinski definition) is 2. The fourth-order valence-electron chi connectivity index (χ4n) is 0.488. The highest BCUT2D eigenvalue weighted by Gasteiger charge is 2.23. The van der Waals surface area contributed by atoms with E-state index in [1.54, 1.807) is 20.8 Å². The van der Waals surface area contributed by atoms with Gasteiger partial charge in [-0.2, -0.15) is 0 Å². The molecule has 86 valence electrons. The summed E-state index contributed by atoms with van der Waals surface area (Å²) < 4.78 is 9.01. The maximum Gasteiger partial charge on any atom is 0.439 e. The maximum absolute atomic E-state index is 11.2. The number of rotatable bonds is 2. The summed E-state index contributed by atoms with van der Waals surface area (Å²) in [5.41, 5.74) is 9.18. The molecule has 0 aromatic carbocycles. The Morgan fingerprint density at radius 3 is 2.13 bits per heavy atom. The zero-order chi connectivity index (χ0) is 12.1. The van der Waals surface area contributed by atoms with Crippen molar-refractivity contribution in [2.45, 2.75) is 20.8 Å². The normalized spacial score (nSPS) is 10.3. The van der Waals surface area contributed by atoms with Crippen LogP contribution in [0.5, 0.6) is 0 Å². The molecule has 0 aliphatic heterocycles. The molecule has 0 saturated carbocycles. The summed E-state index contributed by atoms with van der Waals surface area (Å²) in [7, 11) is 0. The molecule has 4 N–H and O–H groups in total. The number of amides is 1. The highest BCUT2D eigenvalue weighted by atomic mass is 16.7. The molecule has 1 amide bonds. The second kappa shape index (κ2) is 5.18. The summed E-state index contributed by atoms with van der Waals surface area (Å²) in [6.07, 6.45) is -1.00. The Labute approximate surface area is 87.4 Å². The summed E-state index contributed by atoms with van der Waals surface area (Å²) in [6.45, 7) is 4.51. The smallest absolute Gasteiger partial charge is 0.427 e. The third-order valence-corrected chi connectivity index (χ3v) is 1.21. The highest BCUT2D eigenvalue weighted by molar-refractivity contribution is 5.87. The van der Waals surface area contributed by atoms with Gasteiger partial charge in [0.25, 0.3) is 0 Å². The van der Waals surface area contributed by atoms with Crippen LogP contribution in [-0.4, -0.2) is 24.8 Å². The fraction of sp³-hybridized carbons (Fsp3) is 0.625. The molecule has 0 spiro atoms. The van der Waals surface area contributed by atoms with Gasteiger partial charge in [0, 0.05) is 0 Å². The van der Waals surface area contributed by atoms with E-state index in [1.807, 2.05) is 0 Å².